The minimum atomic E-state index is -0.363. The quantitative estimate of drug-likeness (QED) is 0.611. The highest BCUT2D eigenvalue weighted by Gasteiger charge is 2.38. The molecule has 0 atom stereocenters. The average molecular weight is 311 g/mol. The lowest BCUT2D eigenvalue weighted by Crippen LogP contribution is -2.40. The zero-order valence-corrected chi connectivity index (χ0v) is 13.8. The lowest BCUT2D eigenvalue weighted by molar-refractivity contribution is -0.384. The molecule has 1 aromatic carbocycles. The smallest absolute Gasteiger partial charge is 0.292 e. The van der Waals surface area contributed by atoms with Gasteiger partial charge in [0.25, 0.3) is 5.69 Å². The maximum absolute atomic E-state index is 11.2. The van der Waals surface area contributed by atoms with Crippen LogP contribution in [0, 0.1) is 20.9 Å². The van der Waals surface area contributed by atoms with Crippen LogP contribution >= 0.6 is 11.6 Å². The van der Waals surface area contributed by atoms with Crippen LogP contribution < -0.4 is 5.32 Å². The zero-order chi connectivity index (χ0) is 15.8. The normalized spacial score (nSPS) is 21.0. The van der Waals surface area contributed by atoms with E-state index in [4.69, 9.17) is 11.6 Å². The van der Waals surface area contributed by atoms with Gasteiger partial charge in [-0.15, -0.1) is 0 Å². The van der Waals surface area contributed by atoms with Crippen LogP contribution in [0.5, 0.6) is 0 Å². The summed E-state index contributed by atoms with van der Waals surface area (Å²) in [4.78, 5) is 10.8. The van der Waals surface area contributed by atoms with Gasteiger partial charge in [-0.25, -0.2) is 0 Å². The zero-order valence-electron chi connectivity index (χ0n) is 13.1. The van der Waals surface area contributed by atoms with Gasteiger partial charge in [0.2, 0.25) is 0 Å². The van der Waals surface area contributed by atoms with Crippen molar-refractivity contribution < 1.29 is 4.92 Å². The van der Waals surface area contributed by atoms with Crippen LogP contribution in [-0.2, 0) is 0 Å². The molecule has 1 saturated carbocycles. The average Bonchev–Trinajstić information content (AvgIpc) is 2.23. The van der Waals surface area contributed by atoms with Gasteiger partial charge in [0.15, 0.2) is 0 Å². The van der Waals surface area contributed by atoms with Crippen LogP contribution in [0.25, 0.3) is 0 Å². The van der Waals surface area contributed by atoms with Crippen molar-refractivity contribution in [3.05, 3.63) is 33.3 Å². The van der Waals surface area contributed by atoms with Gasteiger partial charge in [-0.3, -0.25) is 10.1 Å². The van der Waals surface area contributed by atoms with Crippen molar-refractivity contribution in [2.45, 2.75) is 53.0 Å². The molecule has 116 valence electrons. The third-order valence-electron chi connectivity index (χ3n) is 4.07. The number of hydrogen-bond donors (Lipinski definition) is 1. The molecule has 4 nitrogen and oxygen atoms in total. The fourth-order valence-electron chi connectivity index (χ4n) is 3.95. The predicted molar refractivity (Wildman–Crippen MR) is 86.9 cm³/mol. The molecule has 0 unspecified atom stereocenters. The second-order valence-electron chi connectivity index (χ2n) is 7.67. The van der Waals surface area contributed by atoms with E-state index in [0.29, 0.717) is 10.7 Å². The van der Waals surface area contributed by atoms with Gasteiger partial charge in [0.05, 0.1) is 4.92 Å². The summed E-state index contributed by atoms with van der Waals surface area (Å²) >= 11 is 5.99. The number of nitrogens with zero attached hydrogens (tertiary/aromatic N) is 1. The molecule has 1 N–H and O–H groups in total. The Hall–Kier alpha value is -1.29. The molecule has 0 spiro atoms. The minimum absolute atomic E-state index is 0.0839. The molecule has 0 radical (unpaired) electrons. The predicted octanol–water partition coefficient (Wildman–Crippen LogP) is 5.27. The number of benzene rings is 1. The van der Waals surface area contributed by atoms with Crippen molar-refractivity contribution in [2.75, 3.05) is 5.32 Å². The van der Waals surface area contributed by atoms with E-state index < -0.39 is 0 Å². The minimum Gasteiger partial charge on any atom is -0.377 e. The fourth-order valence-corrected chi connectivity index (χ4v) is 4.12. The molecule has 1 fully saturated rings. The highest BCUT2D eigenvalue weighted by atomic mass is 35.5. The molecule has 1 aliphatic rings. The first-order chi connectivity index (χ1) is 9.58. The molecule has 2 rings (SSSR count). The van der Waals surface area contributed by atoms with Gasteiger partial charge in [-0.05, 0) is 42.2 Å². The molecule has 0 heterocycles. The maximum atomic E-state index is 11.2. The number of halogens is 1. The third kappa shape index (κ3) is 4.10. The van der Waals surface area contributed by atoms with E-state index in [1.54, 1.807) is 12.1 Å². The first-order valence-electron chi connectivity index (χ1n) is 7.29. The van der Waals surface area contributed by atoms with Gasteiger partial charge in [-0.1, -0.05) is 39.3 Å². The Labute approximate surface area is 131 Å². The summed E-state index contributed by atoms with van der Waals surface area (Å²) in [5.74, 6) is 0. The van der Waals surface area contributed by atoms with Gasteiger partial charge in [-0.2, -0.15) is 0 Å². The highest BCUT2D eigenvalue weighted by Crippen LogP contribution is 2.46. The summed E-state index contributed by atoms with van der Waals surface area (Å²) in [5.41, 5.74) is 1.06. The number of rotatable bonds is 3. The molecule has 5 heteroatoms. The van der Waals surface area contributed by atoms with Crippen LogP contribution in [0.1, 0.15) is 47.0 Å². The van der Waals surface area contributed by atoms with Gasteiger partial charge in [0, 0.05) is 17.1 Å². The number of nitro benzene ring substituents is 1. The van der Waals surface area contributed by atoms with Gasteiger partial charge >= 0.3 is 0 Å². The number of hydrogen-bond acceptors (Lipinski definition) is 3. The van der Waals surface area contributed by atoms with Crippen molar-refractivity contribution >= 4 is 23.0 Å². The summed E-state index contributed by atoms with van der Waals surface area (Å²) in [6, 6.07) is 4.89. The molecule has 21 heavy (non-hydrogen) atoms. The van der Waals surface area contributed by atoms with Crippen LogP contribution in [0.2, 0.25) is 5.02 Å². The van der Waals surface area contributed by atoms with E-state index in [9.17, 15) is 10.1 Å². The van der Waals surface area contributed by atoms with Crippen LogP contribution in [0.3, 0.4) is 0 Å². The molecule has 1 aliphatic carbocycles. The Morgan fingerprint density at radius 3 is 2.33 bits per heavy atom. The Balaban J connectivity index is 2.25. The van der Waals surface area contributed by atoms with Crippen molar-refractivity contribution in [3.8, 4) is 0 Å². The van der Waals surface area contributed by atoms with Crippen molar-refractivity contribution in [1.82, 2.24) is 0 Å². The lowest BCUT2D eigenvalue weighted by atomic mass is 9.63. The fraction of sp³-hybridized carbons (Fsp3) is 0.625. The van der Waals surface area contributed by atoms with Crippen LogP contribution in [-0.4, -0.2) is 11.0 Å². The molecule has 0 aliphatic heterocycles. The van der Waals surface area contributed by atoms with Gasteiger partial charge in [0.1, 0.15) is 5.69 Å². The van der Waals surface area contributed by atoms with Gasteiger partial charge < -0.3 is 5.32 Å². The Kier molecular flexibility index (Phi) is 4.20. The number of nitrogens with one attached hydrogen (secondary N) is 1. The SMILES string of the molecule is CC1(C)CC(Nc2cc(Cl)ccc2[N+](=O)[O-])CC(C)(C)C1. The Bertz CT molecular complexity index is 539. The van der Waals surface area contributed by atoms with E-state index >= 15 is 0 Å². The molecule has 0 saturated heterocycles. The van der Waals surface area contributed by atoms with Crippen LogP contribution in [0.15, 0.2) is 18.2 Å². The monoisotopic (exact) mass is 310 g/mol. The Morgan fingerprint density at radius 1 is 1.24 bits per heavy atom. The van der Waals surface area contributed by atoms with E-state index in [1.807, 2.05) is 0 Å². The number of nitro groups is 1. The van der Waals surface area contributed by atoms with E-state index in [0.717, 1.165) is 19.3 Å². The lowest BCUT2D eigenvalue weighted by Gasteiger charge is -2.45. The summed E-state index contributed by atoms with van der Waals surface area (Å²) in [6.07, 6.45) is 3.16. The van der Waals surface area contributed by atoms with E-state index in [-0.39, 0.29) is 27.5 Å². The topological polar surface area (TPSA) is 55.2 Å². The summed E-state index contributed by atoms with van der Waals surface area (Å²) < 4.78 is 0. The molecule has 0 aromatic heterocycles. The Morgan fingerprint density at radius 2 is 1.81 bits per heavy atom. The van der Waals surface area contributed by atoms with E-state index in [1.165, 1.54) is 6.07 Å². The number of anilines is 1. The van der Waals surface area contributed by atoms with E-state index in [2.05, 4.69) is 33.0 Å². The third-order valence-corrected chi connectivity index (χ3v) is 4.31. The summed E-state index contributed by atoms with van der Waals surface area (Å²) in [6.45, 7) is 9.04. The van der Waals surface area contributed by atoms with Crippen LogP contribution in [0.4, 0.5) is 11.4 Å². The second-order valence-corrected chi connectivity index (χ2v) is 8.11. The largest absolute Gasteiger partial charge is 0.377 e. The molecular formula is C16H23ClN2O2. The van der Waals surface area contributed by atoms with Crippen molar-refractivity contribution in [2.24, 2.45) is 10.8 Å². The molecule has 1 aromatic rings. The molecule has 0 bridgehead atoms. The summed E-state index contributed by atoms with van der Waals surface area (Å²) in [7, 11) is 0. The molecule has 0 amide bonds. The highest BCUT2D eigenvalue weighted by molar-refractivity contribution is 6.31. The van der Waals surface area contributed by atoms with Crippen molar-refractivity contribution in [3.63, 3.8) is 0 Å². The summed E-state index contributed by atoms with van der Waals surface area (Å²) in [5, 5.41) is 15.0. The second kappa shape index (κ2) is 5.48. The molecular weight excluding hydrogens is 288 g/mol. The first-order valence-corrected chi connectivity index (χ1v) is 7.66. The first kappa shape index (κ1) is 16.1. The standard InChI is InChI=1S/C16H23ClN2O2/c1-15(2)8-12(9-16(3,4)10-15)18-13-7-11(17)5-6-14(13)19(20)21/h5-7,12,18H,8-10H2,1-4H3. The maximum Gasteiger partial charge on any atom is 0.292 e. The van der Waals surface area contributed by atoms with Crippen molar-refractivity contribution in [1.29, 1.82) is 0 Å².